The molecule has 0 spiro atoms. The Labute approximate surface area is 159 Å². The summed E-state index contributed by atoms with van der Waals surface area (Å²) in [6.45, 7) is 1.80. The normalized spacial score (nSPS) is 22.1. The third-order valence-corrected chi connectivity index (χ3v) is 5.20. The number of anilines is 1. The fourth-order valence-electron chi connectivity index (χ4n) is 2.36. The Morgan fingerprint density at radius 1 is 1.19 bits per heavy atom. The number of nitrogens with one attached hydrogen (secondary N) is 2. The number of imide groups is 1. The smallest absolute Gasteiger partial charge is 0.325 e. The van der Waals surface area contributed by atoms with E-state index in [4.69, 9.17) is 37.4 Å². The first-order valence-corrected chi connectivity index (χ1v) is 8.52. The zero-order valence-corrected chi connectivity index (χ0v) is 15.3. The van der Waals surface area contributed by atoms with Crippen molar-refractivity contribution in [3.8, 4) is 11.5 Å². The van der Waals surface area contributed by atoms with Gasteiger partial charge < -0.3 is 19.5 Å². The van der Waals surface area contributed by atoms with Crippen LogP contribution in [0.5, 0.6) is 11.5 Å². The third-order valence-electron chi connectivity index (χ3n) is 4.10. The number of benzene rings is 1. The van der Waals surface area contributed by atoms with Gasteiger partial charge in [-0.15, -0.1) is 23.2 Å². The minimum atomic E-state index is -1.18. The van der Waals surface area contributed by atoms with Crippen molar-refractivity contribution in [1.82, 2.24) is 5.32 Å². The molecule has 140 valence electrons. The number of alkyl halides is 2. The van der Waals surface area contributed by atoms with Crippen LogP contribution in [0, 0.1) is 5.41 Å². The topological polar surface area (TPSA) is 103 Å². The van der Waals surface area contributed by atoms with Gasteiger partial charge in [0.25, 0.3) is 5.91 Å². The van der Waals surface area contributed by atoms with E-state index >= 15 is 0 Å². The summed E-state index contributed by atoms with van der Waals surface area (Å²) in [6.07, 6.45) is 0.244. The number of urea groups is 1. The molecular formula is C16H16Cl2N2O6. The molecule has 8 nitrogen and oxygen atoms in total. The summed E-state index contributed by atoms with van der Waals surface area (Å²) in [4.78, 5) is 35.4. The average molecular weight is 403 g/mol. The molecule has 1 aliphatic heterocycles. The van der Waals surface area contributed by atoms with Crippen LogP contribution in [-0.4, -0.2) is 42.1 Å². The minimum Gasteiger partial charge on any atom is -0.486 e. The number of fused-ring (bicyclic) bond motifs is 1. The van der Waals surface area contributed by atoms with Gasteiger partial charge in [0.15, 0.2) is 18.1 Å². The summed E-state index contributed by atoms with van der Waals surface area (Å²) in [5.74, 6) is -0.400. The quantitative estimate of drug-likeness (QED) is 0.591. The lowest BCUT2D eigenvalue weighted by Crippen LogP contribution is -2.38. The van der Waals surface area contributed by atoms with Crippen LogP contribution in [0.1, 0.15) is 13.3 Å². The van der Waals surface area contributed by atoms with Crippen LogP contribution in [0.4, 0.5) is 10.5 Å². The van der Waals surface area contributed by atoms with Crippen molar-refractivity contribution in [1.29, 1.82) is 0 Å². The van der Waals surface area contributed by atoms with Gasteiger partial charge in [-0.05, 0) is 19.1 Å². The molecule has 1 atom stereocenters. The van der Waals surface area contributed by atoms with Crippen molar-refractivity contribution < 1.29 is 28.6 Å². The highest BCUT2D eigenvalue weighted by Gasteiger charge is 2.69. The van der Waals surface area contributed by atoms with E-state index in [-0.39, 0.29) is 6.42 Å². The lowest BCUT2D eigenvalue weighted by molar-refractivity contribution is -0.153. The Hall–Kier alpha value is -2.19. The SMILES string of the molecule is C[C@]1(C(=O)OCC(=O)NC(=O)Nc2ccc3c(c2)OCCO3)CC1(Cl)Cl. The van der Waals surface area contributed by atoms with E-state index in [1.54, 1.807) is 25.1 Å². The van der Waals surface area contributed by atoms with Gasteiger partial charge in [0.2, 0.25) is 0 Å². The fourth-order valence-corrected chi connectivity index (χ4v) is 3.05. The summed E-state index contributed by atoms with van der Waals surface area (Å²) in [5, 5.41) is 4.53. The van der Waals surface area contributed by atoms with E-state index in [9.17, 15) is 14.4 Å². The molecule has 2 N–H and O–H groups in total. The van der Waals surface area contributed by atoms with Gasteiger partial charge in [-0.2, -0.15) is 0 Å². The van der Waals surface area contributed by atoms with Crippen LogP contribution < -0.4 is 20.1 Å². The maximum absolute atomic E-state index is 11.9. The molecule has 1 aliphatic carbocycles. The van der Waals surface area contributed by atoms with E-state index in [2.05, 4.69) is 10.6 Å². The number of carbonyl (C=O) groups is 3. The molecule has 1 heterocycles. The molecule has 26 heavy (non-hydrogen) atoms. The molecule has 0 radical (unpaired) electrons. The highest BCUT2D eigenvalue weighted by molar-refractivity contribution is 6.53. The first-order valence-electron chi connectivity index (χ1n) is 7.77. The summed E-state index contributed by atoms with van der Waals surface area (Å²) >= 11 is 11.7. The molecule has 3 amide bonds. The van der Waals surface area contributed by atoms with Crippen LogP contribution >= 0.6 is 23.2 Å². The first-order chi connectivity index (χ1) is 12.2. The molecule has 0 saturated heterocycles. The molecule has 1 saturated carbocycles. The second-order valence-electron chi connectivity index (χ2n) is 6.15. The fraction of sp³-hybridized carbons (Fsp3) is 0.438. The molecule has 1 aromatic carbocycles. The standard InChI is InChI=1S/C16H16Cl2N2O6/c1-15(8-16(15,17)18)13(22)26-7-12(21)20-14(23)19-9-2-3-10-11(6-9)25-5-4-24-10/h2-3,6H,4-5,7-8H2,1H3,(H2,19,20,21,23)/t15-/m1/s1. The number of halogens is 2. The van der Waals surface area contributed by atoms with Gasteiger partial charge in [-0.1, -0.05) is 0 Å². The highest BCUT2D eigenvalue weighted by Crippen LogP contribution is 2.64. The predicted octanol–water partition coefficient (Wildman–Crippen LogP) is 2.23. The Morgan fingerprint density at radius 2 is 1.85 bits per heavy atom. The highest BCUT2D eigenvalue weighted by atomic mass is 35.5. The van der Waals surface area contributed by atoms with Gasteiger partial charge in [-0.3, -0.25) is 14.9 Å². The zero-order valence-electron chi connectivity index (χ0n) is 13.8. The lowest BCUT2D eigenvalue weighted by Gasteiger charge is -2.19. The molecule has 0 unspecified atom stereocenters. The molecule has 10 heteroatoms. The Kier molecular flexibility index (Phi) is 4.90. The number of hydrogen-bond donors (Lipinski definition) is 2. The molecule has 3 rings (SSSR count). The summed E-state index contributed by atoms with van der Waals surface area (Å²) < 4.78 is 14.4. The van der Waals surface area contributed by atoms with Crippen molar-refractivity contribution in [3.05, 3.63) is 18.2 Å². The maximum Gasteiger partial charge on any atom is 0.325 e. The van der Waals surface area contributed by atoms with E-state index in [0.717, 1.165) is 0 Å². The third kappa shape index (κ3) is 3.81. The van der Waals surface area contributed by atoms with E-state index in [1.165, 1.54) is 0 Å². The van der Waals surface area contributed by atoms with Crippen LogP contribution in [-0.2, 0) is 14.3 Å². The maximum atomic E-state index is 11.9. The van der Waals surface area contributed by atoms with E-state index in [1.807, 2.05) is 0 Å². The summed E-state index contributed by atoms with van der Waals surface area (Å²) in [7, 11) is 0. The van der Waals surface area contributed by atoms with Crippen LogP contribution in [0.2, 0.25) is 0 Å². The van der Waals surface area contributed by atoms with Crippen LogP contribution in [0.25, 0.3) is 0 Å². The van der Waals surface area contributed by atoms with Gasteiger partial charge in [0.1, 0.15) is 23.0 Å². The van der Waals surface area contributed by atoms with Gasteiger partial charge in [0, 0.05) is 18.2 Å². The molecule has 1 fully saturated rings. The number of carbonyl (C=O) groups excluding carboxylic acids is 3. The largest absolute Gasteiger partial charge is 0.486 e. The Bertz CT molecular complexity index is 769. The van der Waals surface area contributed by atoms with Crippen molar-refractivity contribution in [2.24, 2.45) is 5.41 Å². The number of esters is 1. The summed E-state index contributed by atoms with van der Waals surface area (Å²) in [6, 6.07) is 4.05. The monoisotopic (exact) mass is 402 g/mol. The minimum absolute atomic E-state index is 0.244. The number of hydrogen-bond acceptors (Lipinski definition) is 6. The molecule has 0 aromatic heterocycles. The lowest BCUT2D eigenvalue weighted by atomic mass is 10.1. The van der Waals surface area contributed by atoms with Gasteiger partial charge >= 0.3 is 12.0 Å². The molecule has 2 aliphatic rings. The zero-order chi connectivity index (χ0) is 18.9. The van der Waals surface area contributed by atoms with Gasteiger partial charge in [-0.25, -0.2) is 4.79 Å². The van der Waals surface area contributed by atoms with Gasteiger partial charge in [0.05, 0.1) is 0 Å². The second-order valence-corrected chi connectivity index (χ2v) is 7.63. The van der Waals surface area contributed by atoms with Crippen molar-refractivity contribution in [3.63, 3.8) is 0 Å². The summed E-state index contributed by atoms with van der Waals surface area (Å²) in [5.41, 5.74) is -0.625. The first kappa shape index (κ1) is 18.6. The van der Waals surface area contributed by atoms with Crippen molar-refractivity contribution in [2.75, 3.05) is 25.1 Å². The molecule has 0 bridgehead atoms. The van der Waals surface area contributed by atoms with E-state index in [0.29, 0.717) is 30.4 Å². The van der Waals surface area contributed by atoms with E-state index < -0.39 is 34.3 Å². The van der Waals surface area contributed by atoms with Crippen LogP contribution in [0.3, 0.4) is 0 Å². The number of amides is 3. The molecular weight excluding hydrogens is 387 g/mol. The second kappa shape index (κ2) is 6.85. The predicted molar refractivity (Wildman–Crippen MR) is 92.7 cm³/mol. The van der Waals surface area contributed by atoms with Crippen molar-refractivity contribution in [2.45, 2.75) is 17.7 Å². The Morgan fingerprint density at radius 3 is 2.50 bits per heavy atom. The van der Waals surface area contributed by atoms with Crippen molar-refractivity contribution >= 4 is 46.8 Å². The average Bonchev–Trinajstić information content (AvgIpc) is 3.11. The van der Waals surface area contributed by atoms with Crippen LogP contribution in [0.15, 0.2) is 18.2 Å². The Balaban J connectivity index is 1.46. The number of rotatable bonds is 4. The molecule has 1 aromatic rings. The number of ether oxygens (including phenoxy) is 3.